The highest BCUT2D eigenvalue weighted by Crippen LogP contribution is 2.36. The minimum absolute atomic E-state index is 0.0549. The van der Waals surface area contributed by atoms with Gasteiger partial charge in [0.25, 0.3) is 0 Å². The standard InChI is InChI=1S/C11H23N3O2/c1-9(6-10(12)14-16)13-7-11(8-15)4-2-3-5-11/h9,13,15-16H,2-8H2,1H3,(H2,12,14). The quantitative estimate of drug-likeness (QED) is 0.233. The summed E-state index contributed by atoms with van der Waals surface area (Å²) < 4.78 is 0. The SMILES string of the molecule is CC(CC(N)=NO)NCC1(CO)CCCC1. The Morgan fingerprint density at radius 3 is 2.62 bits per heavy atom. The Morgan fingerprint density at radius 1 is 1.50 bits per heavy atom. The predicted molar refractivity (Wildman–Crippen MR) is 63.5 cm³/mol. The van der Waals surface area contributed by atoms with E-state index in [9.17, 15) is 5.11 Å². The zero-order valence-corrected chi connectivity index (χ0v) is 9.95. The summed E-state index contributed by atoms with van der Waals surface area (Å²) in [5, 5.41) is 24.2. The molecule has 5 N–H and O–H groups in total. The van der Waals surface area contributed by atoms with Gasteiger partial charge in [-0.1, -0.05) is 18.0 Å². The first-order chi connectivity index (χ1) is 7.62. The van der Waals surface area contributed by atoms with Crippen LogP contribution in [-0.4, -0.2) is 35.3 Å². The third-order valence-corrected chi connectivity index (χ3v) is 3.47. The molecule has 1 rings (SSSR count). The summed E-state index contributed by atoms with van der Waals surface area (Å²) in [6.45, 7) is 3.05. The maximum absolute atomic E-state index is 9.43. The van der Waals surface area contributed by atoms with Gasteiger partial charge in [-0.15, -0.1) is 0 Å². The van der Waals surface area contributed by atoms with E-state index < -0.39 is 0 Å². The minimum atomic E-state index is 0.0549. The van der Waals surface area contributed by atoms with Crippen LogP contribution < -0.4 is 11.1 Å². The van der Waals surface area contributed by atoms with E-state index in [0.29, 0.717) is 6.42 Å². The molecule has 0 bridgehead atoms. The highest BCUT2D eigenvalue weighted by Gasteiger charge is 2.33. The largest absolute Gasteiger partial charge is 0.409 e. The summed E-state index contributed by atoms with van der Waals surface area (Å²) in [7, 11) is 0. The van der Waals surface area contributed by atoms with E-state index in [1.54, 1.807) is 0 Å². The summed E-state index contributed by atoms with van der Waals surface area (Å²) in [5.74, 6) is 0.240. The number of aliphatic hydroxyl groups is 1. The van der Waals surface area contributed by atoms with Crippen LogP contribution in [0.5, 0.6) is 0 Å². The Hall–Kier alpha value is -0.810. The summed E-state index contributed by atoms with van der Waals surface area (Å²) in [4.78, 5) is 0. The number of amidine groups is 1. The lowest BCUT2D eigenvalue weighted by molar-refractivity contribution is 0.125. The molecule has 0 amide bonds. The summed E-state index contributed by atoms with van der Waals surface area (Å²) >= 11 is 0. The van der Waals surface area contributed by atoms with E-state index in [2.05, 4.69) is 10.5 Å². The highest BCUT2D eigenvalue weighted by molar-refractivity contribution is 5.80. The number of hydrogen-bond donors (Lipinski definition) is 4. The third-order valence-electron chi connectivity index (χ3n) is 3.47. The van der Waals surface area contributed by atoms with Gasteiger partial charge in [-0.2, -0.15) is 0 Å². The molecule has 0 aromatic carbocycles. The smallest absolute Gasteiger partial charge is 0.140 e. The monoisotopic (exact) mass is 229 g/mol. The Bertz CT molecular complexity index is 237. The topological polar surface area (TPSA) is 90.9 Å². The summed E-state index contributed by atoms with van der Waals surface area (Å²) in [5.41, 5.74) is 5.49. The molecular weight excluding hydrogens is 206 g/mol. The number of nitrogens with zero attached hydrogens (tertiary/aromatic N) is 1. The van der Waals surface area contributed by atoms with Gasteiger partial charge in [-0.3, -0.25) is 0 Å². The number of oxime groups is 1. The van der Waals surface area contributed by atoms with Crippen LogP contribution in [0.25, 0.3) is 0 Å². The molecule has 94 valence electrons. The molecule has 0 radical (unpaired) electrons. The molecule has 1 aliphatic rings. The number of rotatable bonds is 6. The lowest BCUT2D eigenvalue weighted by atomic mass is 9.87. The van der Waals surface area contributed by atoms with Crippen molar-refractivity contribution in [3.63, 3.8) is 0 Å². The van der Waals surface area contributed by atoms with Gasteiger partial charge in [0, 0.05) is 31.0 Å². The van der Waals surface area contributed by atoms with Crippen LogP contribution in [0.3, 0.4) is 0 Å². The molecule has 5 nitrogen and oxygen atoms in total. The van der Waals surface area contributed by atoms with E-state index in [-0.39, 0.29) is 23.9 Å². The molecule has 0 aromatic heterocycles. The number of aliphatic hydroxyl groups excluding tert-OH is 1. The first kappa shape index (κ1) is 13.3. The molecule has 0 aliphatic heterocycles. The Labute approximate surface area is 96.7 Å². The van der Waals surface area contributed by atoms with Crippen LogP contribution in [0, 0.1) is 5.41 Å². The van der Waals surface area contributed by atoms with Gasteiger partial charge in [-0.05, 0) is 19.8 Å². The van der Waals surface area contributed by atoms with Gasteiger partial charge < -0.3 is 21.4 Å². The van der Waals surface area contributed by atoms with Gasteiger partial charge >= 0.3 is 0 Å². The number of nitrogens with two attached hydrogens (primary N) is 1. The van der Waals surface area contributed by atoms with Crippen LogP contribution >= 0.6 is 0 Å². The molecule has 1 saturated carbocycles. The fourth-order valence-corrected chi connectivity index (χ4v) is 2.33. The molecule has 0 saturated heterocycles. The minimum Gasteiger partial charge on any atom is -0.409 e. The van der Waals surface area contributed by atoms with Crippen molar-refractivity contribution in [1.29, 1.82) is 0 Å². The van der Waals surface area contributed by atoms with E-state index in [1.165, 1.54) is 12.8 Å². The van der Waals surface area contributed by atoms with Gasteiger partial charge in [0.2, 0.25) is 0 Å². The molecule has 5 heteroatoms. The second-order valence-electron chi connectivity index (χ2n) is 4.94. The molecular formula is C11H23N3O2. The number of hydrogen-bond acceptors (Lipinski definition) is 4. The van der Waals surface area contributed by atoms with Crippen molar-refractivity contribution in [3.05, 3.63) is 0 Å². The Kier molecular flexibility index (Phi) is 5.02. The zero-order chi connectivity index (χ0) is 12.0. The fraction of sp³-hybridized carbons (Fsp3) is 0.909. The molecule has 1 atom stereocenters. The average molecular weight is 229 g/mol. The van der Waals surface area contributed by atoms with Crippen LogP contribution in [-0.2, 0) is 0 Å². The fourth-order valence-electron chi connectivity index (χ4n) is 2.33. The molecule has 0 spiro atoms. The molecule has 1 unspecified atom stereocenters. The van der Waals surface area contributed by atoms with E-state index in [1.807, 2.05) is 6.92 Å². The summed E-state index contributed by atoms with van der Waals surface area (Å²) in [6.07, 6.45) is 5.12. The lowest BCUT2D eigenvalue weighted by Gasteiger charge is -2.28. The van der Waals surface area contributed by atoms with Crippen molar-refractivity contribution in [2.75, 3.05) is 13.2 Å². The lowest BCUT2D eigenvalue weighted by Crippen LogP contribution is -2.40. The van der Waals surface area contributed by atoms with Gasteiger partial charge in [0.1, 0.15) is 5.84 Å². The van der Waals surface area contributed by atoms with Gasteiger partial charge in [0.15, 0.2) is 0 Å². The van der Waals surface area contributed by atoms with Gasteiger partial charge in [0.05, 0.1) is 0 Å². The molecule has 0 heterocycles. The summed E-state index contributed by atoms with van der Waals surface area (Å²) in [6, 6.07) is 0.167. The third kappa shape index (κ3) is 3.64. The predicted octanol–water partition coefficient (Wildman–Crippen LogP) is 0.654. The van der Waals surface area contributed by atoms with E-state index in [0.717, 1.165) is 19.4 Å². The first-order valence-corrected chi connectivity index (χ1v) is 5.92. The van der Waals surface area contributed by atoms with Crippen molar-refractivity contribution in [3.8, 4) is 0 Å². The normalized spacial score (nSPS) is 22.2. The van der Waals surface area contributed by atoms with Crippen molar-refractivity contribution in [1.82, 2.24) is 5.32 Å². The Balaban J connectivity index is 2.32. The number of nitrogens with one attached hydrogen (secondary N) is 1. The van der Waals surface area contributed by atoms with Crippen molar-refractivity contribution >= 4 is 5.84 Å². The van der Waals surface area contributed by atoms with E-state index >= 15 is 0 Å². The maximum atomic E-state index is 9.43. The van der Waals surface area contributed by atoms with Crippen LogP contribution in [0.1, 0.15) is 39.0 Å². The first-order valence-electron chi connectivity index (χ1n) is 5.92. The van der Waals surface area contributed by atoms with Crippen LogP contribution in [0.2, 0.25) is 0 Å². The Morgan fingerprint density at radius 2 is 2.12 bits per heavy atom. The van der Waals surface area contributed by atoms with Gasteiger partial charge in [-0.25, -0.2) is 0 Å². The van der Waals surface area contributed by atoms with Crippen molar-refractivity contribution in [2.24, 2.45) is 16.3 Å². The second kappa shape index (κ2) is 6.06. The second-order valence-corrected chi connectivity index (χ2v) is 4.94. The molecule has 16 heavy (non-hydrogen) atoms. The molecule has 1 aliphatic carbocycles. The average Bonchev–Trinajstić information content (AvgIpc) is 2.75. The van der Waals surface area contributed by atoms with Crippen molar-refractivity contribution < 1.29 is 10.3 Å². The highest BCUT2D eigenvalue weighted by atomic mass is 16.4. The van der Waals surface area contributed by atoms with E-state index in [4.69, 9.17) is 10.9 Å². The van der Waals surface area contributed by atoms with Crippen LogP contribution in [0.15, 0.2) is 5.16 Å². The molecule has 1 fully saturated rings. The zero-order valence-electron chi connectivity index (χ0n) is 9.95. The van der Waals surface area contributed by atoms with Crippen molar-refractivity contribution in [2.45, 2.75) is 45.1 Å². The maximum Gasteiger partial charge on any atom is 0.140 e. The van der Waals surface area contributed by atoms with Crippen LogP contribution in [0.4, 0.5) is 0 Å². The molecule has 0 aromatic rings.